The van der Waals surface area contributed by atoms with Crippen LogP contribution in [0, 0.1) is 0 Å². The molecule has 6 atom stereocenters. The Bertz CT molecular complexity index is 1530. The van der Waals surface area contributed by atoms with Gasteiger partial charge in [-0.2, -0.15) is 0 Å². The van der Waals surface area contributed by atoms with Crippen LogP contribution in [0.4, 0.5) is 0 Å². The molecule has 0 bridgehead atoms. The van der Waals surface area contributed by atoms with Gasteiger partial charge in [-0.05, 0) is 51.4 Å². The fourth-order valence-electron chi connectivity index (χ4n) is 11.1. The molecule has 12 heteroatoms. The van der Waals surface area contributed by atoms with Crippen LogP contribution in [0.3, 0.4) is 0 Å². The van der Waals surface area contributed by atoms with E-state index in [4.69, 9.17) is 23.7 Å². The van der Waals surface area contributed by atoms with E-state index in [1.54, 1.807) is 0 Å². The van der Waals surface area contributed by atoms with Gasteiger partial charge in [0, 0.05) is 19.3 Å². The molecule has 12 nitrogen and oxygen atoms in total. The standard InChI is InChI=1S/C71H130O12/c1-4-7-10-13-16-19-22-25-28-30-32-34-37-39-42-45-48-51-54-57-63(72)79-60-62(81-64(73)58-55-52-49-46-43-41-38-35-33-31-29-26-23-20-17-14-11-8-5-2)61-80-71-69(67(76)66(75)68(83-71)70(77)78)82-65(74)59-56-53-50-47-44-40-36-27-24-21-18-15-12-9-6-3/h18,21,27,36,62,66-69,71,75-76H,4-17,19-20,22-26,28-35,37-61H2,1-3H3,(H,77,78)/b21-18-,36-27-. The second kappa shape index (κ2) is 59.5. The molecule has 486 valence electrons. The van der Waals surface area contributed by atoms with Gasteiger partial charge < -0.3 is 39.0 Å². The molecule has 1 aliphatic rings. The highest BCUT2D eigenvalue weighted by atomic mass is 16.7. The summed E-state index contributed by atoms with van der Waals surface area (Å²) in [5.74, 6) is -3.09. The maximum atomic E-state index is 13.2. The van der Waals surface area contributed by atoms with Crippen molar-refractivity contribution >= 4 is 23.9 Å². The second-order valence-electron chi connectivity index (χ2n) is 24.5. The Kier molecular flexibility index (Phi) is 56.1. The summed E-state index contributed by atoms with van der Waals surface area (Å²) in [6, 6.07) is 0. The number of aliphatic hydroxyl groups excluding tert-OH is 2. The smallest absolute Gasteiger partial charge is 0.335 e. The molecule has 83 heavy (non-hydrogen) atoms. The molecule has 1 saturated heterocycles. The molecule has 3 N–H and O–H groups in total. The van der Waals surface area contributed by atoms with E-state index in [2.05, 4.69) is 45.1 Å². The van der Waals surface area contributed by atoms with E-state index >= 15 is 0 Å². The SMILES string of the molecule is CCCCC/C=C\C/C=C\CCCCCCCC(=O)OC1C(OCC(COC(=O)CCCCCCCCCCCCCCCCCCCCC)OC(=O)CCCCCCCCCCCCCCCCCCCCC)OC(C(=O)O)C(O)C1O. The van der Waals surface area contributed by atoms with Gasteiger partial charge in [0.05, 0.1) is 6.61 Å². The minimum atomic E-state index is -1.90. The minimum absolute atomic E-state index is 0.0497. The van der Waals surface area contributed by atoms with E-state index in [9.17, 15) is 34.5 Å². The average Bonchev–Trinajstić information content (AvgIpc) is 3.57. The predicted molar refractivity (Wildman–Crippen MR) is 340 cm³/mol. The van der Waals surface area contributed by atoms with E-state index in [-0.39, 0.29) is 25.9 Å². The predicted octanol–water partition coefficient (Wildman–Crippen LogP) is 19.4. The number of esters is 3. The molecule has 0 saturated carbocycles. The van der Waals surface area contributed by atoms with Crippen molar-refractivity contribution in [2.24, 2.45) is 0 Å². The Morgan fingerprint density at radius 3 is 1.11 bits per heavy atom. The van der Waals surface area contributed by atoms with E-state index in [1.807, 2.05) is 0 Å². The van der Waals surface area contributed by atoms with E-state index in [1.165, 1.54) is 212 Å². The molecule has 6 unspecified atom stereocenters. The lowest BCUT2D eigenvalue weighted by Gasteiger charge is -2.40. The molecule has 1 heterocycles. The number of ether oxygens (including phenoxy) is 5. The van der Waals surface area contributed by atoms with Crippen LogP contribution in [0.2, 0.25) is 0 Å². The van der Waals surface area contributed by atoms with E-state index < -0.39 is 67.3 Å². The maximum Gasteiger partial charge on any atom is 0.335 e. The zero-order valence-electron chi connectivity index (χ0n) is 54.0. The fraction of sp³-hybridized carbons (Fsp3) is 0.887. The molecule has 0 spiro atoms. The third-order valence-electron chi connectivity index (χ3n) is 16.5. The van der Waals surface area contributed by atoms with Crippen molar-refractivity contribution in [3.63, 3.8) is 0 Å². The quantitative estimate of drug-likeness (QED) is 0.0228. The molecular weight excluding hydrogens is 1040 g/mol. The molecule has 1 aliphatic heterocycles. The zero-order valence-corrected chi connectivity index (χ0v) is 54.0. The Hall–Kier alpha value is -2.80. The molecule has 0 amide bonds. The summed E-state index contributed by atoms with van der Waals surface area (Å²) in [6.45, 7) is 6.04. The van der Waals surface area contributed by atoms with Gasteiger partial charge >= 0.3 is 23.9 Å². The lowest BCUT2D eigenvalue weighted by atomic mass is 9.98. The zero-order chi connectivity index (χ0) is 60.3. The molecule has 0 aromatic heterocycles. The number of hydrogen-bond donors (Lipinski definition) is 3. The Labute approximate surface area is 508 Å². The van der Waals surface area contributed by atoms with Gasteiger partial charge in [-0.3, -0.25) is 14.4 Å². The summed E-state index contributed by atoms with van der Waals surface area (Å²) in [6.07, 6.45) is 58.5. The number of carboxylic acids is 1. The number of aliphatic hydroxyl groups is 2. The Morgan fingerprint density at radius 1 is 0.398 bits per heavy atom. The fourth-order valence-corrected chi connectivity index (χ4v) is 11.1. The maximum absolute atomic E-state index is 13.2. The number of unbranched alkanes of at least 4 members (excludes halogenated alkanes) is 44. The van der Waals surface area contributed by atoms with Gasteiger partial charge in [0.25, 0.3) is 0 Å². The van der Waals surface area contributed by atoms with Gasteiger partial charge in [-0.1, -0.05) is 308 Å². The molecule has 0 radical (unpaired) electrons. The van der Waals surface area contributed by atoms with Crippen molar-refractivity contribution in [3.8, 4) is 0 Å². The molecule has 1 rings (SSSR count). The lowest BCUT2D eigenvalue weighted by molar-refractivity contribution is -0.301. The summed E-state index contributed by atoms with van der Waals surface area (Å²) in [7, 11) is 0. The number of carboxylic acid groups (broad SMARTS) is 1. The Morgan fingerprint density at radius 2 is 0.723 bits per heavy atom. The number of allylic oxidation sites excluding steroid dienone is 4. The monoisotopic (exact) mass is 1170 g/mol. The van der Waals surface area contributed by atoms with Crippen molar-refractivity contribution in [3.05, 3.63) is 24.3 Å². The Balaban J connectivity index is 2.61. The van der Waals surface area contributed by atoms with Crippen molar-refractivity contribution < 1.29 is 58.2 Å². The first-order valence-electron chi connectivity index (χ1n) is 35.3. The van der Waals surface area contributed by atoms with Crippen molar-refractivity contribution in [2.45, 2.75) is 391 Å². The number of aliphatic carboxylic acids is 1. The molecule has 1 fully saturated rings. The first-order valence-corrected chi connectivity index (χ1v) is 35.3. The molecule has 0 aromatic rings. The number of hydrogen-bond acceptors (Lipinski definition) is 11. The summed E-state index contributed by atoms with van der Waals surface area (Å²) in [5, 5.41) is 31.6. The number of carbonyl (C=O) groups is 4. The van der Waals surface area contributed by atoms with Crippen molar-refractivity contribution in [1.82, 2.24) is 0 Å². The molecule has 0 aromatic carbocycles. The van der Waals surface area contributed by atoms with Crippen LogP contribution in [-0.4, -0.2) is 89.2 Å². The topological polar surface area (TPSA) is 175 Å². The largest absolute Gasteiger partial charge is 0.479 e. The van der Waals surface area contributed by atoms with Crippen LogP contribution in [0.1, 0.15) is 355 Å². The average molecular weight is 1180 g/mol. The first kappa shape index (κ1) is 78.2. The molecular formula is C71H130O12. The van der Waals surface area contributed by atoms with Crippen molar-refractivity contribution in [1.29, 1.82) is 0 Å². The third kappa shape index (κ3) is 48.9. The van der Waals surface area contributed by atoms with Gasteiger partial charge in [0.1, 0.15) is 18.8 Å². The highest BCUT2D eigenvalue weighted by Gasteiger charge is 2.50. The van der Waals surface area contributed by atoms with Gasteiger partial charge in [0.2, 0.25) is 0 Å². The molecule has 0 aliphatic carbocycles. The van der Waals surface area contributed by atoms with Crippen LogP contribution >= 0.6 is 0 Å². The van der Waals surface area contributed by atoms with Crippen LogP contribution in [0.5, 0.6) is 0 Å². The summed E-state index contributed by atoms with van der Waals surface area (Å²) >= 11 is 0. The van der Waals surface area contributed by atoms with Crippen LogP contribution < -0.4 is 0 Å². The summed E-state index contributed by atoms with van der Waals surface area (Å²) < 4.78 is 28.6. The van der Waals surface area contributed by atoms with Gasteiger partial charge in [-0.15, -0.1) is 0 Å². The summed E-state index contributed by atoms with van der Waals surface area (Å²) in [5.41, 5.74) is 0. The second-order valence-corrected chi connectivity index (χ2v) is 24.5. The van der Waals surface area contributed by atoms with Gasteiger partial charge in [0.15, 0.2) is 24.6 Å². The minimum Gasteiger partial charge on any atom is -0.479 e. The first-order chi connectivity index (χ1) is 40.6. The normalized spacial score (nSPS) is 17.6. The highest BCUT2D eigenvalue weighted by Crippen LogP contribution is 2.27. The number of carbonyl (C=O) groups excluding carboxylic acids is 3. The van der Waals surface area contributed by atoms with Gasteiger partial charge in [-0.25, -0.2) is 4.79 Å². The third-order valence-corrected chi connectivity index (χ3v) is 16.5. The summed E-state index contributed by atoms with van der Waals surface area (Å²) in [4.78, 5) is 51.4. The highest BCUT2D eigenvalue weighted by molar-refractivity contribution is 5.74. The number of rotatable bonds is 62. The van der Waals surface area contributed by atoms with Crippen LogP contribution in [-0.2, 0) is 42.9 Å². The van der Waals surface area contributed by atoms with Crippen molar-refractivity contribution in [2.75, 3.05) is 13.2 Å². The van der Waals surface area contributed by atoms with E-state index in [0.717, 1.165) is 83.5 Å². The van der Waals surface area contributed by atoms with E-state index in [0.29, 0.717) is 19.3 Å². The van der Waals surface area contributed by atoms with Crippen LogP contribution in [0.25, 0.3) is 0 Å². The lowest BCUT2D eigenvalue weighted by Crippen LogP contribution is -2.61. The van der Waals surface area contributed by atoms with Crippen LogP contribution in [0.15, 0.2) is 24.3 Å².